The number of hydrogen-bond acceptors (Lipinski definition) is 10. The molecule has 1 atom stereocenters. The monoisotopic (exact) mass is 643 g/mol. The summed E-state index contributed by atoms with van der Waals surface area (Å²) in [5.41, 5.74) is 3.21. The smallest absolute Gasteiger partial charge is 0.301 e. The van der Waals surface area contributed by atoms with Crippen LogP contribution < -0.4 is 19.1 Å². The fourth-order valence-corrected chi connectivity index (χ4v) is 7.02. The van der Waals surface area contributed by atoms with Crippen LogP contribution in [0, 0.1) is 6.92 Å². The first-order valence-corrected chi connectivity index (χ1v) is 16.7. The summed E-state index contributed by atoms with van der Waals surface area (Å²) in [5.74, 6) is 0.375. The van der Waals surface area contributed by atoms with Crippen molar-refractivity contribution in [2.45, 2.75) is 49.2 Å². The van der Waals surface area contributed by atoms with E-state index in [1.54, 1.807) is 24.3 Å². The normalized spacial score (nSPS) is 17.1. The number of thioether (sulfide) groups is 1. The number of aryl methyl sites for hydroxylation is 1. The lowest BCUT2D eigenvalue weighted by Gasteiger charge is -2.23. The molecule has 3 aromatic carbocycles. The van der Waals surface area contributed by atoms with Gasteiger partial charge in [-0.15, -0.1) is 10.2 Å². The molecule has 9 nitrogen and oxygen atoms in total. The molecule has 2 aliphatic heterocycles. The van der Waals surface area contributed by atoms with E-state index < -0.39 is 17.7 Å². The number of benzene rings is 3. The molecule has 11 heteroatoms. The summed E-state index contributed by atoms with van der Waals surface area (Å²) in [6, 6.07) is 19.5. The second-order valence-corrected chi connectivity index (χ2v) is 13.0. The zero-order valence-electron chi connectivity index (χ0n) is 25.0. The molecular formula is C34H33N3O6S2. The average Bonchev–Trinajstić information content (AvgIpc) is 3.64. The molecule has 0 saturated carbocycles. The van der Waals surface area contributed by atoms with E-state index in [0.717, 1.165) is 24.8 Å². The van der Waals surface area contributed by atoms with Gasteiger partial charge in [0.15, 0.2) is 15.8 Å². The van der Waals surface area contributed by atoms with E-state index in [2.05, 4.69) is 41.4 Å². The number of nitrogens with zero attached hydrogens (tertiary/aromatic N) is 3. The lowest BCUT2D eigenvalue weighted by atomic mass is 9.95. The van der Waals surface area contributed by atoms with E-state index in [4.69, 9.17) is 14.2 Å². The number of rotatable bonds is 11. The molecule has 6 rings (SSSR count). The Morgan fingerprint density at radius 3 is 2.62 bits per heavy atom. The van der Waals surface area contributed by atoms with Gasteiger partial charge in [-0.1, -0.05) is 84.8 Å². The predicted octanol–water partition coefficient (Wildman–Crippen LogP) is 7.11. The van der Waals surface area contributed by atoms with Crippen LogP contribution >= 0.6 is 23.1 Å². The van der Waals surface area contributed by atoms with Crippen LogP contribution in [-0.4, -0.2) is 46.8 Å². The predicted molar refractivity (Wildman–Crippen MR) is 174 cm³/mol. The minimum Gasteiger partial charge on any atom is -0.507 e. The topological polar surface area (TPSA) is 111 Å². The SMILES string of the molecule is CCCCCOc1cccc(C2/C(=C(/O)c3ccc4c(c3)OCCO4)C(=O)C(=O)N2c2nnc(SCc3ccc(C)cc3)s2)c1. The summed E-state index contributed by atoms with van der Waals surface area (Å²) >= 11 is 2.74. The van der Waals surface area contributed by atoms with Gasteiger partial charge in [0.1, 0.15) is 24.7 Å². The molecule has 0 radical (unpaired) electrons. The van der Waals surface area contributed by atoms with E-state index >= 15 is 0 Å². The average molecular weight is 644 g/mol. The number of aliphatic hydroxyl groups is 1. The van der Waals surface area contributed by atoms with Gasteiger partial charge in [0.05, 0.1) is 18.2 Å². The maximum atomic E-state index is 13.7. The molecule has 1 fully saturated rings. The Labute approximate surface area is 269 Å². The highest BCUT2D eigenvalue weighted by atomic mass is 32.2. The first kappa shape index (κ1) is 30.7. The molecule has 0 aliphatic carbocycles. The van der Waals surface area contributed by atoms with Gasteiger partial charge in [-0.2, -0.15) is 0 Å². The molecule has 1 aromatic heterocycles. The van der Waals surface area contributed by atoms with Crippen molar-refractivity contribution in [1.82, 2.24) is 10.2 Å². The Bertz CT molecular complexity index is 1740. The minimum atomic E-state index is -0.958. The number of aliphatic hydroxyl groups excluding tert-OH is 1. The summed E-state index contributed by atoms with van der Waals surface area (Å²) in [7, 11) is 0. The molecule has 2 aliphatic rings. The molecule has 45 heavy (non-hydrogen) atoms. The van der Waals surface area contributed by atoms with Crippen LogP contribution in [0.15, 0.2) is 76.6 Å². The Balaban J connectivity index is 1.37. The van der Waals surface area contributed by atoms with E-state index in [1.807, 2.05) is 25.1 Å². The van der Waals surface area contributed by atoms with E-state index in [-0.39, 0.29) is 16.5 Å². The zero-order chi connectivity index (χ0) is 31.3. The Kier molecular flexibility index (Phi) is 9.37. The zero-order valence-corrected chi connectivity index (χ0v) is 26.7. The maximum Gasteiger partial charge on any atom is 0.301 e. The first-order chi connectivity index (χ1) is 21.9. The molecule has 1 unspecified atom stereocenters. The number of carbonyl (C=O) groups is 2. The van der Waals surface area contributed by atoms with Gasteiger partial charge in [0, 0.05) is 11.3 Å². The first-order valence-electron chi connectivity index (χ1n) is 14.9. The van der Waals surface area contributed by atoms with Gasteiger partial charge < -0.3 is 19.3 Å². The van der Waals surface area contributed by atoms with Crippen molar-refractivity contribution in [3.05, 3.63) is 94.6 Å². The standard InChI is InChI=1S/C34H33N3O6S2/c1-3-4-5-15-41-25-8-6-7-23(18-25)29-28(30(38)24-13-14-26-27(19-24)43-17-16-42-26)31(39)32(40)37(29)33-35-36-34(45-33)44-20-22-11-9-21(2)10-12-22/h6-14,18-19,29,38H,3-5,15-17,20H2,1-2H3/b30-28-. The molecule has 0 bridgehead atoms. The van der Waals surface area contributed by atoms with Crippen LogP contribution in [0.2, 0.25) is 0 Å². The third-order valence-electron chi connectivity index (χ3n) is 7.54. The maximum absolute atomic E-state index is 13.7. The van der Waals surface area contributed by atoms with Crippen molar-refractivity contribution in [2.24, 2.45) is 0 Å². The number of aromatic nitrogens is 2. The van der Waals surface area contributed by atoms with Crippen LogP contribution in [0.4, 0.5) is 5.13 Å². The Morgan fingerprint density at radius 2 is 1.82 bits per heavy atom. The van der Waals surface area contributed by atoms with E-state index in [9.17, 15) is 14.7 Å². The minimum absolute atomic E-state index is 0.0520. The number of hydrogen-bond donors (Lipinski definition) is 1. The number of fused-ring (bicyclic) bond motifs is 1. The third-order valence-corrected chi connectivity index (χ3v) is 9.66. The molecular weight excluding hydrogens is 611 g/mol. The van der Waals surface area contributed by atoms with E-state index in [1.165, 1.54) is 33.6 Å². The van der Waals surface area contributed by atoms with Crippen molar-refractivity contribution in [2.75, 3.05) is 24.7 Å². The molecule has 3 heterocycles. The van der Waals surface area contributed by atoms with Crippen LogP contribution in [0.25, 0.3) is 5.76 Å². The number of ether oxygens (including phenoxy) is 3. The van der Waals surface area contributed by atoms with Crippen LogP contribution in [-0.2, 0) is 15.3 Å². The summed E-state index contributed by atoms with van der Waals surface area (Å²) in [4.78, 5) is 28.7. The largest absolute Gasteiger partial charge is 0.507 e. The van der Waals surface area contributed by atoms with Gasteiger partial charge in [-0.3, -0.25) is 14.5 Å². The number of anilines is 1. The van der Waals surface area contributed by atoms with Gasteiger partial charge in [0.2, 0.25) is 5.13 Å². The van der Waals surface area contributed by atoms with Crippen molar-refractivity contribution in [3.63, 3.8) is 0 Å². The number of carbonyl (C=O) groups excluding carboxylic acids is 2. The highest BCUT2D eigenvalue weighted by Gasteiger charge is 2.48. The molecule has 1 saturated heterocycles. The van der Waals surface area contributed by atoms with Crippen molar-refractivity contribution in [1.29, 1.82) is 0 Å². The second-order valence-electron chi connectivity index (χ2n) is 10.8. The van der Waals surface area contributed by atoms with Crippen LogP contribution in [0.1, 0.15) is 54.5 Å². The lowest BCUT2D eigenvalue weighted by Crippen LogP contribution is -2.29. The Morgan fingerprint density at radius 1 is 1.02 bits per heavy atom. The van der Waals surface area contributed by atoms with Crippen molar-refractivity contribution in [3.8, 4) is 17.2 Å². The fraction of sp³-hybridized carbons (Fsp3) is 0.294. The fourth-order valence-electron chi connectivity index (χ4n) is 5.20. The summed E-state index contributed by atoms with van der Waals surface area (Å²) in [6.07, 6.45) is 3.04. The summed E-state index contributed by atoms with van der Waals surface area (Å²) in [5, 5.41) is 20.6. The summed E-state index contributed by atoms with van der Waals surface area (Å²) < 4.78 is 18.0. The molecule has 1 N–H and O–H groups in total. The van der Waals surface area contributed by atoms with Gasteiger partial charge >= 0.3 is 5.91 Å². The van der Waals surface area contributed by atoms with Crippen molar-refractivity contribution < 1.29 is 28.9 Å². The van der Waals surface area contributed by atoms with Crippen molar-refractivity contribution >= 4 is 45.7 Å². The Hall–Kier alpha value is -4.35. The number of ketones is 1. The van der Waals surface area contributed by atoms with Crippen LogP contribution in [0.3, 0.4) is 0 Å². The van der Waals surface area contributed by atoms with Gasteiger partial charge in [-0.25, -0.2) is 0 Å². The highest BCUT2D eigenvalue weighted by molar-refractivity contribution is 8.00. The summed E-state index contributed by atoms with van der Waals surface area (Å²) in [6.45, 7) is 5.51. The number of Topliss-reactive ketones (excluding diaryl/α,β-unsaturated/α-hetero) is 1. The second kappa shape index (κ2) is 13.7. The molecule has 232 valence electrons. The lowest BCUT2D eigenvalue weighted by molar-refractivity contribution is -0.132. The molecule has 1 amide bonds. The third kappa shape index (κ3) is 6.69. The number of unbranched alkanes of at least 4 members (excludes halogenated alkanes) is 2. The van der Waals surface area contributed by atoms with E-state index in [0.29, 0.717) is 58.3 Å². The molecule has 0 spiro atoms. The van der Waals surface area contributed by atoms with Crippen LogP contribution in [0.5, 0.6) is 17.2 Å². The number of amides is 1. The molecule has 4 aromatic rings. The highest BCUT2D eigenvalue weighted by Crippen LogP contribution is 2.45. The quantitative estimate of drug-likeness (QED) is 0.0457. The van der Waals surface area contributed by atoms with Gasteiger partial charge in [-0.05, 0) is 54.8 Å². The van der Waals surface area contributed by atoms with Gasteiger partial charge in [0.25, 0.3) is 5.78 Å².